The number of furan rings is 1. The predicted octanol–water partition coefficient (Wildman–Crippen LogP) is 11.5. The fourth-order valence-corrected chi connectivity index (χ4v) is 7.08. The van der Waals surface area contributed by atoms with Crippen molar-refractivity contribution in [2.75, 3.05) is 0 Å². The van der Waals surface area contributed by atoms with E-state index in [0.717, 1.165) is 66.1 Å². The monoisotopic (exact) mass is 640 g/mol. The van der Waals surface area contributed by atoms with Gasteiger partial charge in [0.2, 0.25) is 0 Å². The average molecular weight is 641 g/mol. The highest BCUT2D eigenvalue weighted by atomic mass is 16.3. The van der Waals surface area contributed by atoms with Gasteiger partial charge in [0, 0.05) is 38.2 Å². The largest absolute Gasteiger partial charge is 0.454 e. The molecule has 0 aliphatic heterocycles. The molecule has 0 aliphatic carbocycles. The Kier molecular flexibility index (Phi) is 6.42. The molecule has 0 saturated carbocycles. The molecule has 3 aromatic heterocycles. The molecule has 0 unspecified atom stereocenters. The van der Waals surface area contributed by atoms with Crippen molar-refractivity contribution in [1.29, 1.82) is 0 Å². The van der Waals surface area contributed by atoms with Gasteiger partial charge in [0.05, 0.1) is 16.7 Å². The fourth-order valence-electron chi connectivity index (χ4n) is 7.08. The van der Waals surface area contributed by atoms with Gasteiger partial charge in [0.25, 0.3) is 0 Å². The first-order valence-corrected chi connectivity index (χ1v) is 16.7. The Balaban J connectivity index is 1.17. The third-order valence-electron chi connectivity index (χ3n) is 9.45. The van der Waals surface area contributed by atoms with Crippen molar-refractivity contribution in [3.63, 3.8) is 0 Å². The van der Waals surface area contributed by atoms with Crippen molar-refractivity contribution in [3.8, 4) is 51.0 Å². The molecule has 0 amide bonds. The summed E-state index contributed by atoms with van der Waals surface area (Å²) in [6.07, 6.45) is 0. The van der Waals surface area contributed by atoms with E-state index in [2.05, 4.69) is 108 Å². The van der Waals surface area contributed by atoms with E-state index in [1.54, 1.807) is 0 Å². The van der Waals surface area contributed by atoms with Crippen LogP contribution < -0.4 is 0 Å². The van der Waals surface area contributed by atoms with Crippen LogP contribution in [0.4, 0.5) is 0 Å². The number of hydrogen-bond donors (Lipinski definition) is 0. The van der Waals surface area contributed by atoms with E-state index < -0.39 is 0 Å². The van der Waals surface area contributed by atoms with Crippen molar-refractivity contribution in [1.82, 2.24) is 19.5 Å². The highest BCUT2D eigenvalue weighted by Gasteiger charge is 2.19. The molecule has 3 heterocycles. The van der Waals surface area contributed by atoms with Crippen LogP contribution >= 0.6 is 0 Å². The summed E-state index contributed by atoms with van der Waals surface area (Å²) in [5.41, 5.74) is 10.1. The molecular weight excluding hydrogens is 613 g/mol. The Morgan fingerprint density at radius 1 is 0.360 bits per heavy atom. The first-order valence-electron chi connectivity index (χ1n) is 16.7. The van der Waals surface area contributed by atoms with Crippen LogP contribution in [0.5, 0.6) is 0 Å². The second kappa shape index (κ2) is 11.4. The third kappa shape index (κ3) is 4.60. The average Bonchev–Trinajstić information content (AvgIpc) is 3.74. The lowest BCUT2D eigenvalue weighted by Crippen LogP contribution is -2.00. The van der Waals surface area contributed by atoms with Gasteiger partial charge in [0.1, 0.15) is 5.58 Å². The summed E-state index contributed by atoms with van der Waals surface area (Å²) in [4.78, 5) is 14.9. The lowest BCUT2D eigenvalue weighted by atomic mass is 10.0. The van der Waals surface area contributed by atoms with Gasteiger partial charge in [0.15, 0.2) is 23.1 Å². The number of aromatic nitrogens is 4. The van der Waals surface area contributed by atoms with Crippen LogP contribution in [-0.2, 0) is 0 Å². The normalized spacial score (nSPS) is 11.6. The summed E-state index contributed by atoms with van der Waals surface area (Å²) in [6.45, 7) is 0. The quantitative estimate of drug-likeness (QED) is 0.188. The molecule has 7 aromatic carbocycles. The second-order valence-electron chi connectivity index (χ2n) is 12.5. The maximum absolute atomic E-state index is 6.65. The molecule has 0 atom stereocenters. The Bertz CT molecular complexity index is 2800. The smallest absolute Gasteiger partial charge is 0.164 e. The minimum absolute atomic E-state index is 0.630. The summed E-state index contributed by atoms with van der Waals surface area (Å²) >= 11 is 0. The van der Waals surface area contributed by atoms with E-state index in [4.69, 9.17) is 19.4 Å². The van der Waals surface area contributed by atoms with E-state index in [1.165, 1.54) is 11.1 Å². The Morgan fingerprint density at radius 3 is 1.60 bits per heavy atom. The molecule has 0 saturated heterocycles. The highest BCUT2D eigenvalue weighted by Crippen LogP contribution is 2.40. The van der Waals surface area contributed by atoms with Gasteiger partial charge < -0.3 is 8.98 Å². The van der Waals surface area contributed by atoms with Gasteiger partial charge in [-0.2, -0.15) is 0 Å². The Morgan fingerprint density at radius 2 is 0.900 bits per heavy atom. The SMILES string of the molecule is c1ccc(-c2ccc3oc4c(-n5c6ccccc6c6cc(-c7nc(-c8ccccc8)nc(-c8ccccc8)n7)ccc65)cccc4c3c2)cc1. The first-order chi connectivity index (χ1) is 24.8. The summed E-state index contributed by atoms with van der Waals surface area (Å²) in [5.74, 6) is 1.91. The molecule has 5 heteroatoms. The van der Waals surface area contributed by atoms with Crippen LogP contribution in [-0.4, -0.2) is 19.5 Å². The van der Waals surface area contributed by atoms with E-state index in [9.17, 15) is 0 Å². The molecule has 0 fully saturated rings. The standard InChI is InChI=1S/C45H28N4O/c1-4-13-29(14-5-1)32-24-26-41-37(27-32)35-20-12-22-40(42(35)50-41)49-38-21-11-10-19-34(38)36-28-33(23-25-39(36)49)45-47-43(30-15-6-2-7-16-30)46-44(48-45)31-17-8-3-9-18-31/h1-28H. The number of fused-ring (bicyclic) bond motifs is 6. The maximum atomic E-state index is 6.65. The van der Waals surface area contributed by atoms with Crippen molar-refractivity contribution >= 4 is 43.7 Å². The Labute approximate surface area is 287 Å². The zero-order valence-electron chi connectivity index (χ0n) is 26.9. The zero-order chi connectivity index (χ0) is 33.0. The van der Waals surface area contributed by atoms with Gasteiger partial charge in [-0.3, -0.25) is 0 Å². The van der Waals surface area contributed by atoms with Gasteiger partial charge in [-0.25, -0.2) is 15.0 Å². The topological polar surface area (TPSA) is 56.7 Å². The van der Waals surface area contributed by atoms with Gasteiger partial charge in [-0.1, -0.05) is 127 Å². The predicted molar refractivity (Wildman–Crippen MR) is 203 cm³/mol. The lowest BCUT2D eigenvalue weighted by Gasteiger charge is -2.10. The van der Waals surface area contributed by atoms with Gasteiger partial charge >= 0.3 is 0 Å². The van der Waals surface area contributed by atoms with Crippen LogP contribution in [0.1, 0.15) is 0 Å². The van der Waals surface area contributed by atoms with Crippen molar-refractivity contribution in [2.24, 2.45) is 0 Å². The fraction of sp³-hybridized carbons (Fsp3) is 0. The van der Waals surface area contributed by atoms with E-state index in [-0.39, 0.29) is 0 Å². The number of hydrogen-bond acceptors (Lipinski definition) is 4. The summed E-state index contributed by atoms with van der Waals surface area (Å²) in [6, 6.07) is 58.6. The summed E-state index contributed by atoms with van der Waals surface area (Å²) < 4.78 is 8.97. The molecule has 0 spiro atoms. The molecule has 5 nitrogen and oxygen atoms in total. The highest BCUT2D eigenvalue weighted by molar-refractivity contribution is 6.13. The van der Waals surface area contributed by atoms with Gasteiger partial charge in [-0.15, -0.1) is 0 Å². The van der Waals surface area contributed by atoms with Crippen LogP contribution in [0, 0.1) is 0 Å². The van der Waals surface area contributed by atoms with Crippen molar-refractivity contribution in [2.45, 2.75) is 0 Å². The zero-order valence-corrected chi connectivity index (χ0v) is 26.9. The molecular formula is C45H28N4O. The molecule has 10 rings (SSSR count). The van der Waals surface area contributed by atoms with Crippen LogP contribution in [0.25, 0.3) is 94.7 Å². The maximum Gasteiger partial charge on any atom is 0.164 e. The number of para-hydroxylation sites is 2. The first kappa shape index (κ1) is 28.2. The number of nitrogens with zero attached hydrogens (tertiary/aromatic N) is 4. The van der Waals surface area contributed by atoms with Crippen LogP contribution in [0.3, 0.4) is 0 Å². The van der Waals surface area contributed by atoms with Crippen LogP contribution in [0.2, 0.25) is 0 Å². The van der Waals surface area contributed by atoms with E-state index >= 15 is 0 Å². The minimum atomic E-state index is 0.630. The van der Waals surface area contributed by atoms with E-state index in [1.807, 2.05) is 66.7 Å². The lowest BCUT2D eigenvalue weighted by molar-refractivity contribution is 0.666. The summed E-state index contributed by atoms with van der Waals surface area (Å²) in [5, 5.41) is 4.44. The molecule has 0 N–H and O–H groups in total. The molecule has 0 aliphatic rings. The molecule has 50 heavy (non-hydrogen) atoms. The molecule has 234 valence electrons. The third-order valence-corrected chi connectivity index (χ3v) is 9.45. The van der Waals surface area contributed by atoms with E-state index in [0.29, 0.717) is 17.5 Å². The van der Waals surface area contributed by atoms with Gasteiger partial charge in [-0.05, 0) is 53.6 Å². The second-order valence-corrected chi connectivity index (χ2v) is 12.5. The molecule has 10 aromatic rings. The Hall–Kier alpha value is -6.85. The molecule has 0 bridgehead atoms. The van der Waals surface area contributed by atoms with Crippen LogP contribution in [0.15, 0.2) is 174 Å². The number of benzene rings is 7. The molecule has 0 radical (unpaired) electrons. The minimum Gasteiger partial charge on any atom is -0.454 e. The number of rotatable bonds is 5. The van der Waals surface area contributed by atoms with Crippen molar-refractivity contribution < 1.29 is 4.42 Å². The summed E-state index contributed by atoms with van der Waals surface area (Å²) in [7, 11) is 0. The van der Waals surface area contributed by atoms with Crippen molar-refractivity contribution in [3.05, 3.63) is 170 Å².